The Morgan fingerprint density at radius 2 is 1.94 bits per heavy atom. The topological polar surface area (TPSA) is 25.2 Å². The van der Waals surface area contributed by atoms with Crippen LogP contribution < -0.4 is 5.32 Å². The molecule has 1 N–H and O–H groups in total. The minimum absolute atomic E-state index is 0.293. The number of benzene rings is 1. The van der Waals surface area contributed by atoms with E-state index in [0.29, 0.717) is 6.04 Å². The van der Waals surface area contributed by atoms with E-state index in [2.05, 4.69) is 56.2 Å². The zero-order chi connectivity index (χ0) is 13.0. The summed E-state index contributed by atoms with van der Waals surface area (Å²) in [5, 5.41) is 3.51. The average Bonchev–Trinajstić information content (AvgIpc) is 2.80. The Morgan fingerprint density at radius 1 is 1.22 bits per heavy atom. The van der Waals surface area contributed by atoms with Gasteiger partial charge in [0.2, 0.25) is 0 Å². The van der Waals surface area contributed by atoms with Crippen molar-refractivity contribution in [3.8, 4) is 0 Å². The molecule has 1 unspecified atom stereocenters. The third kappa shape index (κ3) is 3.70. The van der Waals surface area contributed by atoms with E-state index in [4.69, 9.17) is 4.42 Å². The van der Waals surface area contributed by atoms with Gasteiger partial charge in [-0.2, -0.15) is 0 Å². The fourth-order valence-electron chi connectivity index (χ4n) is 1.98. The molecule has 1 atom stereocenters. The van der Waals surface area contributed by atoms with Crippen LogP contribution in [-0.4, -0.2) is 6.54 Å². The molecular formula is C14H15Br2NO. The van der Waals surface area contributed by atoms with Gasteiger partial charge in [-0.05, 0) is 48.4 Å². The molecule has 0 saturated heterocycles. The van der Waals surface area contributed by atoms with Gasteiger partial charge in [0.1, 0.15) is 0 Å². The van der Waals surface area contributed by atoms with Crippen molar-refractivity contribution in [3.63, 3.8) is 0 Å². The number of nitrogens with one attached hydrogen (secondary N) is 1. The summed E-state index contributed by atoms with van der Waals surface area (Å²) in [7, 11) is 0. The van der Waals surface area contributed by atoms with Crippen LogP contribution in [0.1, 0.15) is 24.1 Å². The van der Waals surface area contributed by atoms with Crippen LogP contribution in [0.5, 0.6) is 0 Å². The van der Waals surface area contributed by atoms with Crippen LogP contribution in [0.4, 0.5) is 0 Å². The first-order valence-corrected chi connectivity index (χ1v) is 7.48. The minimum Gasteiger partial charge on any atom is -0.472 e. The SMILES string of the molecule is CCNC(Cc1ccoc1)c1cc(Br)cc(Br)c1. The van der Waals surface area contributed by atoms with Crippen molar-refractivity contribution >= 4 is 31.9 Å². The first-order valence-electron chi connectivity index (χ1n) is 5.89. The molecular weight excluding hydrogens is 358 g/mol. The number of halogens is 2. The van der Waals surface area contributed by atoms with E-state index < -0.39 is 0 Å². The third-order valence-corrected chi connectivity index (χ3v) is 3.67. The van der Waals surface area contributed by atoms with E-state index in [1.165, 1.54) is 11.1 Å². The lowest BCUT2D eigenvalue weighted by atomic mass is 10.0. The van der Waals surface area contributed by atoms with Gasteiger partial charge in [-0.25, -0.2) is 0 Å². The Balaban J connectivity index is 2.23. The summed E-state index contributed by atoms with van der Waals surface area (Å²) in [6, 6.07) is 8.65. The van der Waals surface area contributed by atoms with E-state index >= 15 is 0 Å². The van der Waals surface area contributed by atoms with Gasteiger partial charge in [-0.3, -0.25) is 0 Å². The molecule has 2 nitrogen and oxygen atoms in total. The van der Waals surface area contributed by atoms with Gasteiger partial charge < -0.3 is 9.73 Å². The van der Waals surface area contributed by atoms with Crippen molar-refractivity contribution < 1.29 is 4.42 Å². The summed E-state index contributed by atoms with van der Waals surface area (Å²) in [5.74, 6) is 0. The molecule has 0 aliphatic carbocycles. The fraction of sp³-hybridized carbons (Fsp3) is 0.286. The second kappa shape index (κ2) is 6.55. The van der Waals surface area contributed by atoms with Gasteiger partial charge in [0, 0.05) is 15.0 Å². The molecule has 0 aliphatic heterocycles. The summed E-state index contributed by atoms with van der Waals surface area (Å²) in [6.45, 7) is 3.06. The average molecular weight is 373 g/mol. The molecule has 2 aromatic rings. The van der Waals surface area contributed by atoms with Gasteiger partial charge in [-0.15, -0.1) is 0 Å². The number of rotatable bonds is 5. The number of hydrogen-bond donors (Lipinski definition) is 1. The molecule has 4 heteroatoms. The van der Waals surface area contributed by atoms with Crippen LogP contribution in [0.25, 0.3) is 0 Å². The lowest BCUT2D eigenvalue weighted by molar-refractivity contribution is 0.534. The second-order valence-electron chi connectivity index (χ2n) is 4.15. The molecule has 1 heterocycles. The zero-order valence-corrected chi connectivity index (χ0v) is 13.3. The Bertz CT molecular complexity index is 476. The summed E-state index contributed by atoms with van der Waals surface area (Å²) in [6.07, 6.45) is 4.44. The quantitative estimate of drug-likeness (QED) is 0.822. The van der Waals surface area contributed by atoms with Crippen LogP contribution in [0.3, 0.4) is 0 Å². The summed E-state index contributed by atoms with van der Waals surface area (Å²) in [5.41, 5.74) is 2.47. The lowest BCUT2D eigenvalue weighted by Gasteiger charge is -2.18. The standard InChI is InChI=1S/C14H15Br2NO/c1-2-17-14(5-10-3-4-18-9-10)11-6-12(15)8-13(16)7-11/h3-4,6-9,14,17H,2,5H2,1H3. The maximum absolute atomic E-state index is 5.13. The van der Waals surface area contributed by atoms with Crippen molar-refractivity contribution in [1.29, 1.82) is 0 Å². The second-order valence-corrected chi connectivity index (χ2v) is 5.98. The van der Waals surface area contributed by atoms with Gasteiger partial charge in [-0.1, -0.05) is 38.8 Å². The molecule has 2 rings (SSSR count). The van der Waals surface area contributed by atoms with Crippen LogP contribution in [0.2, 0.25) is 0 Å². The van der Waals surface area contributed by atoms with E-state index in [-0.39, 0.29) is 0 Å². The fourth-order valence-corrected chi connectivity index (χ4v) is 3.30. The van der Waals surface area contributed by atoms with E-state index in [1.54, 1.807) is 12.5 Å². The smallest absolute Gasteiger partial charge is 0.0935 e. The molecule has 0 amide bonds. The number of hydrogen-bond acceptors (Lipinski definition) is 2. The predicted octanol–water partition coefficient (Wildman–Crippen LogP) is 4.70. The Hall–Kier alpha value is -0.580. The van der Waals surface area contributed by atoms with E-state index in [0.717, 1.165) is 21.9 Å². The maximum Gasteiger partial charge on any atom is 0.0935 e. The van der Waals surface area contributed by atoms with Crippen LogP contribution in [0, 0.1) is 0 Å². The maximum atomic E-state index is 5.13. The molecule has 1 aromatic carbocycles. The van der Waals surface area contributed by atoms with Gasteiger partial charge in [0.05, 0.1) is 12.5 Å². The highest BCUT2D eigenvalue weighted by molar-refractivity contribution is 9.11. The molecule has 96 valence electrons. The molecule has 18 heavy (non-hydrogen) atoms. The predicted molar refractivity (Wildman–Crippen MR) is 80.7 cm³/mol. The Morgan fingerprint density at radius 3 is 2.50 bits per heavy atom. The van der Waals surface area contributed by atoms with Crippen molar-refractivity contribution in [2.75, 3.05) is 6.54 Å². The lowest BCUT2D eigenvalue weighted by Crippen LogP contribution is -2.22. The first kappa shape index (κ1) is 13.8. The summed E-state index contributed by atoms with van der Waals surface area (Å²) < 4.78 is 7.30. The molecule has 0 spiro atoms. The number of furan rings is 1. The highest BCUT2D eigenvalue weighted by Gasteiger charge is 2.13. The molecule has 0 radical (unpaired) electrons. The number of likely N-dealkylation sites (N-methyl/N-ethyl adjacent to an activating group) is 1. The summed E-state index contributed by atoms with van der Waals surface area (Å²) >= 11 is 7.07. The third-order valence-electron chi connectivity index (χ3n) is 2.76. The normalized spacial score (nSPS) is 12.6. The molecule has 0 aliphatic rings. The van der Waals surface area contributed by atoms with Gasteiger partial charge in [0.15, 0.2) is 0 Å². The van der Waals surface area contributed by atoms with Crippen molar-refractivity contribution in [2.45, 2.75) is 19.4 Å². The molecule has 0 fully saturated rings. The largest absolute Gasteiger partial charge is 0.472 e. The zero-order valence-electron chi connectivity index (χ0n) is 10.1. The molecule has 0 bridgehead atoms. The van der Waals surface area contributed by atoms with E-state index in [1.807, 2.05) is 12.1 Å². The van der Waals surface area contributed by atoms with Crippen LogP contribution >= 0.6 is 31.9 Å². The Labute approximate surface area is 124 Å². The highest BCUT2D eigenvalue weighted by Crippen LogP contribution is 2.26. The monoisotopic (exact) mass is 371 g/mol. The van der Waals surface area contributed by atoms with E-state index in [9.17, 15) is 0 Å². The summed E-state index contributed by atoms with van der Waals surface area (Å²) in [4.78, 5) is 0. The van der Waals surface area contributed by atoms with Crippen molar-refractivity contribution in [3.05, 3.63) is 56.9 Å². The minimum atomic E-state index is 0.293. The van der Waals surface area contributed by atoms with Gasteiger partial charge in [0.25, 0.3) is 0 Å². The van der Waals surface area contributed by atoms with Gasteiger partial charge >= 0.3 is 0 Å². The van der Waals surface area contributed by atoms with Crippen LogP contribution in [0.15, 0.2) is 50.2 Å². The molecule has 0 saturated carbocycles. The molecule has 1 aromatic heterocycles. The van der Waals surface area contributed by atoms with Crippen molar-refractivity contribution in [1.82, 2.24) is 5.32 Å². The highest BCUT2D eigenvalue weighted by atomic mass is 79.9. The first-order chi connectivity index (χ1) is 8.69. The van der Waals surface area contributed by atoms with Crippen molar-refractivity contribution in [2.24, 2.45) is 0 Å². The van der Waals surface area contributed by atoms with Crippen LogP contribution in [-0.2, 0) is 6.42 Å². The Kier molecular flexibility index (Phi) is 5.03.